The molecule has 2 amide bonds. The molecule has 2 aromatic rings. The van der Waals surface area contributed by atoms with Gasteiger partial charge in [0.2, 0.25) is 5.91 Å². The third-order valence-corrected chi connectivity index (χ3v) is 4.60. The fourth-order valence-electron chi connectivity index (χ4n) is 2.98. The van der Waals surface area contributed by atoms with Crippen molar-refractivity contribution in [1.82, 2.24) is 5.32 Å². The molecular formula is C20H21ClN2O3. The Labute approximate surface area is 157 Å². The predicted molar refractivity (Wildman–Crippen MR) is 102 cm³/mol. The monoisotopic (exact) mass is 372 g/mol. The SMILES string of the molecule is C[C@H]1Oc2ccccc2N(CCC(=O)N[C@H](C)c2cccc(Cl)c2)C1=O. The van der Waals surface area contributed by atoms with Crippen molar-refractivity contribution >= 4 is 29.1 Å². The summed E-state index contributed by atoms with van der Waals surface area (Å²) in [4.78, 5) is 26.4. The Kier molecular flexibility index (Phi) is 5.47. The number of fused-ring (bicyclic) bond motifs is 1. The average molecular weight is 373 g/mol. The first kappa shape index (κ1) is 18.3. The number of anilines is 1. The number of hydrogen-bond acceptors (Lipinski definition) is 3. The van der Waals surface area contributed by atoms with Crippen molar-refractivity contribution in [2.24, 2.45) is 0 Å². The van der Waals surface area contributed by atoms with Gasteiger partial charge in [-0.25, -0.2) is 0 Å². The van der Waals surface area contributed by atoms with Crippen molar-refractivity contribution in [2.75, 3.05) is 11.4 Å². The van der Waals surface area contributed by atoms with Gasteiger partial charge in [0.15, 0.2) is 6.10 Å². The van der Waals surface area contributed by atoms with Crippen molar-refractivity contribution in [3.8, 4) is 5.75 Å². The van der Waals surface area contributed by atoms with Crippen LogP contribution in [0.2, 0.25) is 5.02 Å². The lowest BCUT2D eigenvalue weighted by molar-refractivity contribution is -0.125. The van der Waals surface area contributed by atoms with Crippen LogP contribution in [0.5, 0.6) is 5.75 Å². The van der Waals surface area contributed by atoms with Crippen LogP contribution in [0.1, 0.15) is 31.9 Å². The number of amides is 2. The second kappa shape index (κ2) is 7.79. The molecule has 0 unspecified atom stereocenters. The van der Waals surface area contributed by atoms with Gasteiger partial charge in [0.1, 0.15) is 5.75 Å². The standard InChI is InChI=1S/C20H21ClN2O3/c1-13(15-6-5-7-16(21)12-15)22-19(24)10-11-23-17-8-3-4-9-18(17)26-14(2)20(23)25/h3-9,12-14H,10-11H2,1-2H3,(H,22,24)/t13-,14-/m1/s1. The number of nitrogens with zero attached hydrogens (tertiary/aromatic N) is 1. The second-order valence-corrected chi connectivity index (χ2v) is 6.75. The van der Waals surface area contributed by atoms with E-state index in [0.717, 1.165) is 5.56 Å². The molecule has 2 atom stereocenters. The maximum absolute atomic E-state index is 12.4. The number of carbonyl (C=O) groups is 2. The van der Waals surface area contributed by atoms with Gasteiger partial charge in [-0.1, -0.05) is 35.9 Å². The fourth-order valence-corrected chi connectivity index (χ4v) is 3.17. The number of carbonyl (C=O) groups excluding carboxylic acids is 2. The zero-order chi connectivity index (χ0) is 18.7. The fraction of sp³-hybridized carbons (Fsp3) is 0.300. The molecule has 1 heterocycles. The molecule has 0 fully saturated rings. The Hall–Kier alpha value is -2.53. The van der Waals surface area contributed by atoms with Crippen LogP contribution in [-0.4, -0.2) is 24.5 Å². The normalized spacial score (nSPS) is 17.3. The zero-order valence-corrected chi connectivity index (χ0v) is 15.5. The molecule has 136 valence electrons. The number of benzene rings is 2. The minimum Gasteiger partial charge on any atom is -0.479 e. The van der Waals surface area contributed by atoms with Gasteiger partial charge in [0, 0.05) is 18.0 Å². The molecule has 3 rings (SSSR count). The Morgan fingerprint density at radius 2 is 2.04 bits per heavy atom. The van der Waals surface area contributed by atoms with Gasteiger partial charge >= 0.3 is 0 Å². The van der Waals surface area contributed by atoms with Crippen LogP contribution in [-0.2, 0) is 9.59 Å². The summed E-state index contributed by atoms with van der Waals surface area (Å²) in [6.07, 6.45) is -0.351. The minimum atomic E-state index is -0.557. The molecule has 1 aliphatic heterocycles. The Morgan fingerprint density at radius 1 is 1.27 bits per heavy atom. The molecule has 0 radical (unpaired) electrons. The van der Waals surface area contributed by atoms with Crippen molar-refractivity contribution in [1.29, 1.82) is 0 Å². The zero-order valence-electron chi connectivity index (χ0n) is 14.7. The second-order valence-electron chi connectivity index (χ2n) is 6.31. The van der Waals surface area contributed by atoms with Gasteiger partial charge in [-0.2, -0.15) is 0 Å². The molecule has 1 aliphatic rings. The van der Waals surface area contributed by atoms with Crippen LogP contribution < -0.4 is 15.0 Å². The number of rotatable bonds is 5. The molecule has 0 saturated heterocycles. The molecule has 0 bridgehead atoms. The van der Waals surface area contributed by atoms with Crippen molar-refractivity contribution in [3.63, 3.8) is 0 Å². The lowest BCUT2D eigenvalue weighted by atomic mass is 10.1. The number of halogens is 1. The van der Waals surface area contributed by atoms with Gasteiger partial charge in [-0.05, 0) is 43.7 Å². The maximum Gasteiger partial charge on any atom is 0.267 e. The summed E-state index contributed by atoms with van der Waals surface area (Å²) < 4.78 is 5.61. The van der Waals surface area contributed by atoms with Crippen LogP contribution >= 0.6 is 11.6 Å². The summed E-state index contributed by atoms with van der Waals surface area (Å²) in [6.45, 7) is 3.92. The molecule has 6 heteroatoms. The first-order valence-corrected chi connectivity index (χ1v) is 8.95. The van der Waals surface area contributed by atoms with E-state index in [-0.39, 0.29) is 24.3 Å². The highest BCUT2D eigenvalue weighted by atomic mass is 35.5. The van der Waals surface area contributed by atoms with E-state index in [4.69, 9.17) is 16.3 Å². The number of nitrogens with one attached hydrogen (secondary N) is 1. The lowest BCUT2D eigenvalue weighted by Gasteiger charge is -2.32. The smallest absolute Gasteiger partial charge is 0.267 e. The van der Waals surface area contributed by atoms with Gasteiger partial charge in [0.05, 0.1) is 11.7 Å². The van der Waals surface area contributed by atoms with Gasteiger partial charge in [-0.3, -0.25) is 9.59 Å². The molecule has 26 heavy (non-hydrogen) atoms. The molecular weight excluding hydrogens is 352 g/mol. The van der Waals surface area contributed by atoms with E-state index in [1.807, 2.05) is 49.4 Å². The first-order chi connectivity index (χ1) is 12.5. The Morgan fingerprint density at radius 3 is 2.81 bits per heavy atom. The average Bonchev–Trinajstić information content (AvgIpc) is 2.62. The summed E-state index contributed by atoms with van der Waals surface area (Å²) in [7, 11) is 0. The quantitative estimate of drug-likeness (QED) is 0.870. The molecule has 2 aromatic carbocycles. The van der Waals surface area contributed by atoms with E-state index >= 15 is 0 Å². The predicted octanol–water partition coefficient (Wildman–Crippen LogP) is 3.72. The van der Waals surface area contributed by atoms with Crippen molar-refractivity contribution < 1.29 is 14.3 Å². The summed E-state index contributed by atoms with van der Waals surface area (Å²) in [5, 5.41) is 3.58. The first-order valence-electron chi connectivity index (χ1n) is 8.57. The maximum atomic E-state index is 12.4. The minimum absolute atomic E-state index is 0.123. The van der Waals surface area contributed by atoms with Crippen LogP contribution in [0.25, 0.3) is 0 Å². The van der Waals surface area contributed by atoms with Crippen LogP contribution in [0.3, 0.4) is 0 Å². The molecule has 0 aliphatic carbocycles. The van der Waals surface area contributed by atoms with E-state index in [9.17, 15) is 9.59 Å². The summed E-state index contributed by atoms with van der Waals surface area (Å²) in [5.41, 5.74) is 1.64. The topological polar surface area (TPSA) is 58.6 Å². The van der Waals surface area contributed by atoms with Gasteiger partial charge < -0.3 is 15.0 Å². The highest BCUT2D eigenvalue weighted by Crippen LogP contribution is 2.33. The highest BCUT2D eigenvalue weighted by Gasteiger charge is 2.31. The number of hydrogen-bond donors (Lipinski definition) is 1. The number of para-hydroxylation sites is 2. The van der Waals surface area contributed by atoms with E-state index in [1.165, 1.54) is 0 Å². The summed E-state index contributed by atoms with van der Waals surface area (Å²) >= 11 is 6.00. The molecule has 0 spiro atoms. The van der Waals surface area contributed by atoms with Crippen molar-refractivity contribution in [2.45, 2.75) is 32.4 Å². The molecule has 1 N–H and O–H groups in total. The van der Waals surface area contributed by atoms with Gasteiger partial charge in [-0.15, -0.1) is 0 Å². The third-order valence-electron chi connectivity index (χ3n) is 4.36. The van der Waals surface area contributed by atoms with E-state index in [2.05, 4.69) is 5.32 Å². The number of ether oxygens (including phenoxy) is 1. The van der Waals surface area contributed by atoms with Crippen LogP contribution in [0.4, 0.5) is 5.69 Å². The molecule has 5 nitrogen and oxygen atoms in total. The van der Waals surface area contributed by atoms with E-state index < -0.39 is 6.10 Å². The largest absolute Gasteiger partial charge is 0.479 e. The molecule has 0 saturated carbocycles. The van der Waals surface area contributed by atoms with Crippen LogP contribution in [0.15, 0.2) is 48.5 Å². The summed E-state index contributed by atoms with van der Waals surface area (Å²) in [5.74, 6) is 0.397. The van der Waals surface area contributed by atoms with E-state index in [1.54, 1.807) is 17.9 Å². The van der Waals surface area contributed by atoms with Crippen molar-refractivity contribution in [3.05, 3.63) is 59.1 Å². The van der Waals surface area contributed by atoms with Crippen LogP contribution in [0, 0.1) is 0 Å². The molecule has 0 aromatic heterocycles. The van der Waals surface area contributed by atoms with Gasteiger partial charge in [0.25, 0.3) is 5.91 Å². The lowest BCUT2D eigenvalue weighted by Crippen LogP contribution is -2.45. The Bertz CT molecular complexity index is 824. The summed E-state index contributed by atoms with van der Waals surface area (Å²) in [6, 6.07) is 14.6. The Balaban J connectivity index is 1.63. The van der Waals surface area contributed by atoms with E-state index in [0.29, 0.717) is 23.0 Å². The highest BCUT2D eigenvalue weighted by molar-refractivity contribution is 6.30. The third kappa shape index (κ3) is 3.99.